The first-order valence-electron chi connectivity index (χ1n) is 10.2. The Kier molecular flexibility index (Phi) is 5.46. The second-order valence-electron chi connectivity index (χ2n) is 8.30. The lowest BCUT2D eigenvalue weighted by Crippen LogP contribution is -2.52. The summed E-state index contributed by atoms with van der Waals surface area (Å²) in [6.45, 7) is 2.18. The van der Waals surface area contributed by atoms with Crippen molar-refractivity contribution in [1.82, 2.24) is 14.7 Å². The summed E-state index contributed by atoms with van der Waals surface area (Å²) in [5.74, 6) is -0.509. The number of carbonyl (C=O) groups is 3. The average Bonchev–Trinajstić information content (AvgIpc) is 3.51. The van der Waals surface area contributed by atoms with E-state index in [4.69, 9.17) is 0 Å². The fourth-order valence-corrected chi connectivity index (χ4v) is 4.15. The van der Waals surface area contributed by atoms with Gasteiger partial charge in [0.15, 0.2) is 0 Å². The minimum Gasteiger partial charge on any atom is -0.339 e. The normalized spacial score (nSPS) is 22.6. The summed E-state index contributed by atoms with van der Waals surface area (Å²) in [6, 6.07) is 4.91. The molecule has 3 aliphatic rings. The molecule has 1 aliphatic carbocycles. The minimum atomic E-state index is -4.44. The van der Waals surface area contributed by atoms with E-state index in [0.717, 1.165) is 25.0 Å². The number of piperazine rings is 1. The highest BCUT2D eigenvalue weighted by Gasteiger charge is 2.39. The van der Waals surface area contributed by atoms with Crippen molar-refractivity contribution in [3.8, 4) is 0 Å². The first kappa shape index (κ1) is 20.7. The van der Waals surface area contributed by atoms with E-state index in [2.05, 4.69) is 0 Å². The van der Waals surface area contributed by atoms with Crippen LogP contribution in [0, 0.1) is 11.8 Å². The Morgan fingerprint density at radius 1 is 0.967 bits per heavy atom. The number of hydrogen-bond acceptors (Lipinski definition) is 3. The highest BCUT2D eigenvalue weighted by molar-refractivity contribution is 5.89. The van der Waals surface area contributed by atoms with Crippen LogP contribution in [-0.2, 0) is 27.1 Å². The predicted molar refractivity (Wildman–Crippen MR) is 101 cm³/mol. The summed E-state index contributed by atoms with van der Waals surface area (Å²) in [5, 5.41) is 0. The molecule has 2 saturated heterocycles. The van der Waals surface area contributed by atoms with Crippen LogP contribution in [0.15, 0.2) is 24.3 Å². The third-order valence-corrected chi connectivity index (χ3v) is 6.02. The third kappa shape index (κ3) is 4.44. The van der Waals surface area contributed by atoms with Gasteiger partial charge in [0.2, 0.25) is 17.7 Å². The number of benzene rings is 1. The van der Waals surface area contributed by atoms with Gasteiger partial charge in [-0.25, -0.2) is 0 Å². The van der Waals surface area contributed by atoms with Gasteiger partial charge < -0.3 is 14.7 Å². The number of likely N-dealkylation sites (tertiary alicyclic amines) is 1. The van der Waals surface area contributed by atoms with Crippen LogP contribution in [0.4, 0.5) is 13.2 Å². The average molecular weight is 423 g/mol. The van der Waals surface area contributed by atoms with E-state index in [1.807, 2.05) is 0 Å². The fourth-order valence-electron chi connectivity index (χ4n) is 4.15. The molecule has 4 rings (SSSR count). The topological polar surface area (TPSA) is 60.9 Å². The fraction of sp³-hybridized carbons (Fsp3) is 0.571. The zero-order valence-electron chi connectivity index (χ0n) is 16.5. The maximum atomic E-state index is 12.9. The largest absolute Gasteiger partial charge is 0.416 e. The van der Waals surface area contributed by atoms with Gasteiger partial charge in [-0.15, -0.1) is 0 Å². The molecule has 6 nitrogen and oxygen atoms in total. The first-order valence-corrected chi connectivity index (χ1v) is 10.2. The summed E-state index contributed by atoms with van der Waals surface area (Å²) in [6.07, 6.45) is -2.47. The second-order valence-corrected chi connectivity index (χ2v) is 8.30. The minimum absolute atomic E-state index is 0.0518. The van der Waals surface area contributed by atoms with E-state index in [1.54, 1.807) is 15.9 Å². The van der Waals surface area contributed by atoms with Gasteiger partial charge in [0, 0.05) is 51.6 Å². The van der Waals surface area contributed by atoms with Gasteiger partial charge in [0.05, 0.1) is 11.5 Å². The molecule has 162 valence electrons. The SMILES string of the molecule is O=C1CC(C(=O)N2CCN(C(=O)C3CC3)CC2)CN1Cc1cccc(C(F)(F)F)c1. The molecule has 1 saturated carbocycles. The van der Waals surface area contributed by atoms with Crippen molar-refractivity contribution in [3.63, 3.8) is 0 Å². The number of halogens is 3. The van der Waals surface area contributed by atoms with Crippen LogP contribution in [-0.4, -0.2) is 65.1 Å². The van der Waals surface area contributed by atoms with Gasteiger partial charge in [-0.05, 0) is 30.5 Å². The van der Waals surface area contributed by atoms with E-state index >= 15 is 0 Å². The summed E-state index contributed by atoms with van der Waals surface area (Å²) < 4.78 is 38.7. The number of nitrogens with zero attached hydrogens (tertiary/aromatic N) is 3. The highest BCUT2D eigenvalue weighted by Crippen LogP contribution is 2.32. The Balaban J connectivity index is 1.32. The van der Waals surface area contributed by atoms with E-state index < -0.39 is 17.7 Å². The first-order chi connectivity index (χ1) is 14.2. The third-order valence-electron chi connectivity index (χ3n) is 6.02. The van der Waals surface area contributed by atoms with Crippen molar-refractivity contribution in [2.75, 3.05) is 32.7 Å². The maximum absolute atomic E-state index is 12.9. The molecule has 1 atom stereocenters. The van der Waals surface area contributed by atoms with E-state index in [1.165, 1.54) is 11.0 Å². The molecule has 0 bridgehead atoms. The molecule has 1 unspecified atom stereocenters. The van der Waals surface area contributed by atoms with Crippen LogP contribution in [0.2, 0.25) is 0 Å². The van der Waals surface area contributed by atoms with Gasteiger partial charge in [-0.2, -0.15) is 13.2 Å². The lowest BCUT2D eigenvalue weighted by molar-refractivity contribution is -0.142. The van der Waals surface area contributed by atoms with Crippen LogP contribution >= 0.6 is 0 Å². The predicted octanol–water partition coefficient (Wildman–Crippen LogP) is 2.13. The number of rotatable bonds is 4. The van der Waals surface area contributed by atoms with Gasteiger partial charge in [-0.3, -0.25) is 14.4 Å². The number of carbonyl (C=O) groups excluding carboxylic acids is 3. The van der Waals surface area contributed by atoms with Crippen LogP contribution < -0.4 is 0 Å². The van der Waals surface area contributed by atoms with Gasteiger partial charge in [-0.1, -0.05) is 12.1 Å². The number of hydrogen-bond donors (Lipinski definition) is 0. The summed E-state index contributed by atoms with van der Waals surface area (Å²) in [7, 11) is 0. The summed E-state index contributed by atoms with van der Waals surface area (Å²) >= 11 is 0. The molecule has 0 radical (unpaired) electrons. The number of alkyl halides is 3. The Bertz CT molecular complexity index is 845. The molecule has 2 aliphatic heterocycles. The summed E-state index contributed by atoms with van der Waals surface area (Å²) in [5.41, 5.74) is -0.364. The van der Waals surface area contributed by atoms with Gasteiger partial charge in [0.25, 0.3) is 0 Å². The van der Waals surface area contributed by atoms with Crippen LogP contribution in [0.1, 0.15) is 30.4 Å². The van der Waals surface area contributed by atoms with Crippen molar-refractivity contribution in [3.05, 3.63) is 35.4 Å². The number of amides is 3. The molecule has 9 heteroatoms. The lowest BCUT2D eigenvalue weighted by atomic mass is 10.1. The molecular formula is C21H24F3N3O3. The Morgan fingerprint density at radius 2 is 1.57 bits per heavy atom. The quantitative estimate of drug-likeness (QED) is 0.746. The van der Waals surface area contributed by atoms with Gasteiger partial charge in [0.1, 0.15) is 0 Å². The smallest absolute Gasteiger partial charge is 0.339 e. The van der Waals surface area contributed by atoms with Crippen molar-refractivity contribution in [1.29, 1.82) is 0 Å². The van der Waals surface area contributed by atoms with Gasteiger partial charge >= 0.3 is 6.18 Å². The second kappa shape index (κ2) is 7.92. The molecule has 1 aromatic rings. The Morgan fingerprint density at radius 3 is 2.13 bits per heavy atom. The van der Waals surface area contributed by atoms with Crippen molar-refractivity contribution in [2.24, 2.45) is 11.8 Å². The summed E-state index contributed by atoms with van der Waals surface area (Å²) in [4.78, 5) is 42.3. The zero-order chi connectivity index (χ0) is 21.5. The lowest BCUT2D eigenvalue weighted by Gasteiger charge is -2.36. The Labute approximate surface area is 172 Å². The van der Waals surface area contributed by atoms with E-state index in [9.17, 15) is 27.6 Å². The monoisotopic (exact) mass is 423 g/mol. The van der Waals surface area contributed by atoms with Crippen LogP contribution in [0.3, 0.4) is 0 Å². The van der Waals surface area contributed by atoms with Crippen molar-refractivity contribution in [2.45, 2.75) is 32.0 Å². The maximum Gasteiger partial charge on any atom is 0.416 e. The molecule has 2 heterocycles. The van der Waals surface area contributed by atoms with E-state index in [-0.39, 0.29) is 43.1 Å². The van der Waals surface area contributed by atoms with Crippen molar-refractivity contribution < 1.29 is 27.6 Å². The molecule has 3 fully saturated rings. The molecule has 1 aromatic carbocycles. The molecule has 3 amide bonds. The molecule has 30 heavy (non-hydrogen) atoms. The standard InChI is InChI=1S/C21H24F3N3O3/c22-21(23,24)17-3-1-2-14(10-17)12-27-13-16(11-18(27)28)20(30)26-8-6-25(7-9-26)19(29)15-4-5-15/h1-3,10,15-16H,4-9,11-13H2. The van der Waals surface area contributed by atoms with E-state index in [0.29, 0.717) is 31.7 Å². The Hall–Kier alpha value is -2.58. The zero-order valence-corrected chi connectivity index (χ0v) is 16.5. The molecular weight excluding hydrogens is 399 g/mol. The van der Waals surface area contributed by atoms with Crippen LogP contribution in [0.5, 0.6) is 0 Å². The highest BCUT2D eigenvalue weighted by atomic mass is 19.4. The van der Waals surface area contributed by atoms with Crippen LogP contribution in [0.25, 0.3) is 0 Å². The molecule has 0 aromatic heterocycles. The molecule has 0 N–H and O–H groups in total. The van der Waals surface area contributed by atoms with Crippen molar-refractivity contribution >= 4 is 17.7 Å². The molecule has 0 spiro atoms.